The minimum Gasteiger partial charge on any atom is -0.357 e. The highest BCUT2D eigenvalue weighted by Crippen LogP contribution is 2.31. The zero-order valence-electron chi connectivity index (χ0n) is 20.2. The van der Waals surface area contributed by atoms with Gasteiger partial charge in [0.15, 0.2) is 0 Å². The molecule has 0 saturated heterocycles. The van der Waals surface area contributed by atoms with Gasteiger partial charge in [-0.15, -0.1) is 0 Å². The maximum Gasteiger partial charge on any atom is 0.264 e. The minimum absolute atomic E-state index is 0.00327. The van der Waals surface area contributed by atoms with Crippen molar-refractivity contribution in [2.45, 2.75) is 30.8 Å². The van der Waals surface area contributed by atoms with Crippen LogP contribution in [0, 0.1) is 0 Å². The van der Waals surface area contributed by atoms with Crippen LogP contribution >= 0.6 is 34.8 Å². The van der Waals surface area contributed by atoms with E-state index >= 15 is 0 Å². The molecule has 3 aromatic rings. The SMILES string of the molecule is CCC(C(=O)NC)N(Cc1ccc(Cl)cc1)C(=O)CN(c1ccc(Cl)c(Cl)c1)S(=O)(=O)c1ccccc1. The second-order valence-electron chi connectivity index (χ2n) is 8.11. The fourth-order valence-corrected chi connectivity index (χ4v) is 5.61. The number of hydrogen-bond donors (Lipinski definition) is 1. The minimum atomic E-state index is -4.18. The molecule has 0 bridgehead atoms. The van der Waals surface area contributed by atoms with Crippen LogP contribution in [-0.2, 0) is 26.2 Å². The molecule has 3 rings (SSSR count). The van der Waals surface area contributed by atoms with E-state index in [9.17, 15) is 18.0 Å². The molecule has 37 heavy (non-hydrogen) atoms. The summed E-state index contributed by atoms with van der Waals surface area (Å²) in [6, 6.07) is 18.1. The van der Waals surface area contributed by atoms with E-state index in [4.69, 9.17) is 34.8 Å². The van der Waals surface area contributed by atoms with Gasteiger partial charge in [0.25, 0.3) is 10.0 Å². The lowest BCUT2D eigenvalue weighted by Gasteiger charge is -2.33. The van der Waals surface area contributed by atoms with E-state index in [0.29, 0.717) is 11.4 Å². The summed E-state index contributed by atoms with van der Waals surface area (Å²) in [5.74, 6) is -0.937. The van der Waals surface area contributed by atoms with Crippen molar-refractivity contribution < 1.29 is 18.0 Å². The Morgan fingerprint density at radius 1 is 0.919 bits per heavy atom. The van der Waals surface area contributed by atoms with Gasteiger partial charge in [-0.3, -0.25) is 13.9 Å². The molecule has 196 valence electrons. The lowest BCUT2D eigenvalue weighted by atomic mass is 10.1. The van der Waals surface area contributed by atoms with E-state index in [1.54, 1.807) is 49.4 Å². The van der Waals surface area contributed by atoms with Crippen molar-refractivity contribution in [1.82, 2.24) is 10.2 Å². The molecule has 0 spiro atoms. The summed E-state index contributed by atoms with van der Waals surface area (Å²) < 4.78 is 28.4. The molecule has 0 aliphatic rings. The molecule has 7 nitrogen and oxygen atoms in total. The maximum absolute atomic E-state index is 13.8. The number of hydrogen-bond acceptors (Lipinski definition) is 4. The Morgan fingerprint density at radius 2 is 1.57 bits per heavy atom. The third-order valence-corrected chi connectivity index (χ3v) is 8.48. The first kappa shape index (κ1) is 28.8. The third-order valence-electron chi connectivity index (χ3n) is 5.70. The summed E-state index contributed by atoms with van der Waals surface area (Å²) in [7, 11) is -2.70. The molecule has 1 N–H and O–H groups in total. The number of nitrogens with zero attached hydrogens (tertiary/aromatic N) is 2. The monoisotopic (exact) mass is 581 g/mol. The van der Waals surface area contributed by atoms with Gasteiger partial charge in [0.1, 0.15) is 12.6 Å². The molecule has 0 aliphatic heterocycles. The number of anilines is 1. The lowest BCUT2D eigenvalue weighted by Crippen LogP contribution is -2.51. The molecule has 2 amide bonds. The zero-order chi connectivity index (χ0) is 27.2. The lowest BCUT2D eigenvalue weighted by molar-refractivity contribution is -0.140. The fourth-order valence-electron chi connectivity index (χ4n) is 3.76. The van der Waals surface area contributed by atoms with E-state index in [1.807, 2.05) is 0 Å². The second kappa shape index (κ2) is 12.6. The van der Waals surface area contributed by atoms with Crippen LogP contribution < -0.4 is 9.62 Å². The third kappa shape index (κ3) is 6.96. The highest BCUT2D eigenvalue weighted by atomic mass is 35.5. The molecular formula is C26H26Cl3N3O4S. The highest BCUT2D eigenvalue weighted by Gasteiger charge is 2.33. The van der Waals surface area contributed by atoms with Crippen LogP contribution in [0.15, 0.2) is 77.7 Å². The Hall–Kier alpha value is -2.78. The number of rotatable bonds is 10. The molecule has 3 aromatic carbocycles. The van der Waals surface area contributed by atoms with Crippen LogP contribution in [0.1, 0.15) is 18.9 Å². The van der Waals surface area contributed by atoms with Gasteiger partial charge in [0.05, 0.1) is 20.6 Å². The molecule has 0 heterocycles. The summed E-state index contributed by atoms with van der Waals surface area (Å²) in [6.07, 6.45) is 0.317. The van der Waals surface area contributed by atoms with E-state index in [2.05, 4.69) is 5.32 Å². The van der Waals surface area contributed by atoms with Crippen LogP contribution in [0.3, 0.4) is 0 Å². The van der Waals surface area contributed by atoms with Crippen LogP contribution in [0.4, 0.5) is 5.69 Å². The van der Waals surface area contributed by atoms with Gasteiger partial charge in [-0.25, -0.2) is 8.42 Å². The first-order chi connectivity index (χ1) is 17.6. The molecule has 11 heteroatoms. The number of sulfonamides is 1. The summed E-state index contributed by atoms with van der Waals surface area (Å²) in [4.78, 5) is 27.9. The maximum atomic E-state index is 13.8. The first-order valence-corrected chi connectivity index (χ1v) is 13.9. The second-order valence-corrected chi connectivity index (χ2v) is 11.2. The molecule has 0 saturated carbocycles. The molecule has 1 atom stereocenters. The van der Waals surface area contributed by atoms with E-state index < -0.39 is 28.5 Å². The van der Waals surface area contributed by atoms with Crippen molar-refractivity contribution in [3.63, 3.8) is 0 Å². The Morgan fingerprint density at radius 3 is 2.14 bits per heavy atom. The summed E-state index contributed by atoms with van der Waals surface area (Å²) in [6.45, 7) is 1.28. The number of amides is 2. The number of carbonyl (C=O) groups excluding carboxylic acids is 2. The van der Waals surface area contributed by atoms with Crippen molar-refractivity contribution in [3.05, 3.63) is 93.4 Å². The first-order valence-electron chi connectivity index (χ1n) is 11.4. The predicted octanol–water partition coefficient (Wildman–Crippen LogP) is 5.40. The number of benzene rings is 3. The van der Waals surface area contributed by atoms with Gasteiger partial charge in [-0.1, -0.05) is 72.1 Å². The average molecular weight is 583 g/mol. The van der Waals surface area contributed by atoms with E-state index in [-0.39, 0.29) is 33.1 Å². The topological polar surface area (TPSA) is 86.8 Å². The number of carbonyl (C=O) groups is 2. The number of nitrogens with one attached hydrogen (secondary N) is 1. The van der Waals surface area contributed by atoms with Crippen molar-refractivity contribution in [2.24, 2.45) is 0 Å². The van der Waals surface area contributed by atoms with E-state index in [0.717, 1.165) is 9.87 Å². The smallest absolute Gasteiger partial charge is 0.264 e. The summed E-state index contributed by atoms with van der Waals surface area (Å²) >= 11 is 18.3. The molecule has 1 unspecified atom stereocenters. The molecule has 0 aliphatic carbocycles. The Labute approximate surface area is 232 Å². The standard InChI is InChI=1S/C26H26Cl3N3O4S/c1-3-24(26(34)30-2)31(16-18-9-11-19(27)12-10-18)25(33)17-32(20-13-14-22(28)23(29)15-20)37(35,36)21-7-5-4-6-8-21/h4-15,24H,3,16-17H2,1-2H3,(H,30,34). The van der Waals surface area contributed by atoms with Gasteiger partial charge >= 0.3 is 0 Å². The van der Waals surface area contributed by atoms with Gasteiger partial charge in [-0.05, 0) is 54.4 Å². The average Bonchev–Trinajstić information content (AvgIpc) is 2.90. The van der Waals surface area contributed by atoms with E-state index in [1.165, 1.54) is 42.3 Å². The Bertz CT molecular complexity index is 1350. The molecular weight excluding hydrogens is 557 g/mol. The van der Waals surface area contributed by atoms with Gasteiger partial charge in [0, 0.05) is 18.6 Å². The van der Waals surface area contributed by atoms with Crippen LogP contribution in [0.5, 0.6) is 0 Å². The van der Waals surface area contributed by atoms with Gasteiger partial charge < -0.3 is 10.2 Å². The molecule has 0 radical (unpaired) electrons. The Balaban J connectivity index is 2.06. The zero-order valence-corrected chi connectivity index (χ0v) is 23.3. The van der Waals surface area contributed by atoms with Crippen molar-refractivity contribution in [1.29, 1.82) is 0 Å². The predicted molar refractivity (Wildman–Crippen MR) is 148 cm³/mol. The Kier molecular flexibility index (Phi) is 9.84. The molecule has 0 aromatic heterocycles. The highest BCUT2D eigenvalue weighted by molar-refractivity contribution is 7.92. The largest absolute Gasteiger partial charge is 0.357 e. The number of halogens is 3. The molecule has 0 fully saturated rings. The quantitative estimate of drug-likeness (QED) is 0.347. The fraction of sp³-hybridized carbons (Fsp3) is 0.231. The van der Waals surface area contributed by atoms with Crippen LogP contribution in [0.25, 0.3) is 0 Å². The number of likely N-dealkylation sites (N-methyl/N-ethyl adjacent to an activating group) is 1. The normalized spacial score (nSPS) is 12.0. The van der Waals surface area contributed by atoms with Crippen molar-refractivity contribution in [3.8, 4) is 0 Å². The van der Waals surface area contributed by atoms with Crippen LogP contribution in [-0.4, -0.2) is 44.8 Å². The van der Waals surface area contributed by atoms with Crippen molar-refractivity contribution in [2.75, 3.05) is 17.9 Å². The summed E-state index contributed by atoms with van der Waals surface area (Å²) in [5.41, 5.74) is 0.887. The summed E-state index contributed by atoms with van der Waals surface area (Å²) in [5, 5.41) is 3.48. The van der Waals surface area contributed by atoms with Gasteiger partial charge in [0.2, 0.25) is 11.8 Å². The van der Waals surface area contributed by atoms with Crippen molar-refractivity contribution >= 4 is 62.3 Å². The van der Waals surface area contributed by atoms with Gasteiger partial charge in [-0.2, -0.15) is 0 Å². The van der Waals surface area contributed by atoms with Crippen LogP contribution in [0.2, 0.25) is 15.1 Å².